The van der Waals surface area contributed by atoms with Gasteiger partial charge >= 0.3 is 0 Å². The number of nitro groups is 1. The van der Waals surface area contributed by atoms with Crippen molar-refractivity contribution in [2.45, 2.75) is 20.0 Å². The topological polar surface area (TPSA) is 86.9 Å². The molecule has 0 bridgehead atoms. The van der Waals surface area contributed by atoms with E-state index in [1.807, 2.05) is 9.80 Å². The number of aliphatic hydroxyl groups is 1. The first-order valence-corrected chi connectivity index (χ1v) is 7.93. The molecule has 1 aliphatic carbocycles. The Morgan fingerprint density at radius 1 is 1.35 bits per heavy atom. The van der Waals surface area contributed by atoms with Crippen LogP contribution >= 0.6 is 0 Å². The molecule has 2 atom stereocenters. The maximum Gasteiger partial charge on any atom is 0.292 e. The molecule has 0 spiro atoms. The first-order chi connectivity index (χ1) is 11.0. The molecule has 124 valence electrons. The zero-order chi connectivity index (χ0) is 16.6. The fourth-order valence-corrected chi connectivity index (χ4v) is 3.14. The number of nitro benzene ring substituents is 1. The lowest BCUT2D eigenvalue weighted by molar-refractivity contribution is -0.384. The Morgan fingerprint density at radius 3 is 2.52 bits per heavy atom. The second-order valence-electron chi connectivity index (χ2n) is 6.37. The molecular weight excluding hydrogens is 298 g/mol. The maximum absolute atomic E-state index is 12.3. The molecule has 1 aliphatic heterocycles. The number of carbonyl (C=O) groups is 1. The molecule has 1 aromatic rings. The average molecular weight is 319 g/mol. The van der Waals surface area contributed by atoms with Gasteiger partial charge in [-0.1, -0.05) is 6.92 Å². The molecule has 3 rings (SSSR count). The average Bonchev–Trinajstić information content (AvgIpc) is 3.30. The van der Waals surface area contributed by atoms with Gasteiger partial charge in [0.2, 0.25) is 5.91 Å². The molecule has 1 saturated carbocycles. The second kappa shape index (κ2) is 6.16. The van der Waals surface area contributed by atoms with Crippen LogP contribution in [0.2, 0.25) is 0 Å². The molecule has 7 nitrogen and oxygen atoms in total. The molecule has 2 fully saturated rings. The third kappa shape index (κ3) is 3.14. The summed E-state index contributed by atoms with van der Waals surface area (Å²) >= 11 is 0. The molecule has 1 amide bonds. The van der Waals surface area contributed by atoms with Gasteiger partial charge in [-0.15, -0.1) is 0 Å². The number of hydrogen-bond donors (Lipinski definition) is 1. The van der Waals surface area contributed by atoms with Crippen molar-refractivity contribution in [2.75, 3.05) is 31.1 Å². The van der Waals surface area contributed by atoms with Crippen LogP contribution in [-0.2, 0) is 11.4 Å². The van der Waals surface area contributed by atoms with Gasteiger partial charge in [0.15, 0.2) is 0 Å². The molecule has 0 aromatic heterocycles. The number of amides is 1. The van der Waals surface area contributed by atoms with Crippen molar-refractivity contribution in [3.8, 4) is 0 Å². The summed E-state index contributed by atoms with van der Waals surface area (Å²) in [6.07, 6.45) is 0.975. The molecule has 23 heavy (non-hydrogen) atoms. The van der Waals surface area contributed by atoms with Gasteiger partial charge in [0.05, 0.1) is 11.5 Å². The van der Waals surface area contributed by atoms with Gasteiger partial charge in [0, 0.05) is 38.2 Å². The smallest absolute Gasteiger partial charge is 0.292 e. The summed E-state index contributed by atoms with van der Waals surface area (Å²) in [7, 11) is 0. The first kappa shape index (κ1) is 15.7. The number of piperazine rings is 1. The van der Waals surface area contributed by atoms with Crippen molar-refractivity contribution in [3.05, 3.63) is 33.9 Å². The Balaban J connectivity index is 1.72. The van der Waals surface area contributed by atoms with Crippen LogP contribution in [0.15, 0.2) is 18.2 Å². The minimum atomic E-state index is -0.403. The lowest BCUT2D eigenvalue weighted by Gasteiger charge is -2.36. The Morgan fingerprint density at radius 2 is 2.00 bits per heavy atom. The predicted octanol–water partition coefficient (Wildman–Crippen LogP) is 1.39. The Bertz CT molecular complexity index is 626. The van der Waals surface area contributed by atoms with E-state index in [0.29, 0.717) is 43.3 Å². The standard InChI is InChI=1S/C16H21N3O4/c1-11-8-13(11)16(21)18-6-4-17(5-7-18)15-9-12(10-20)2-3-14(15)19(22)23/h2-3,9,11,13,20H,4-8,10H2,1H3/t11-,13-/m1/s1. The van der Waals surface area contributed by atoms with Gasteiger partial charge in [-0.2, -0.15) is 0 Å². The largest absolute Gasteiger partial charge is 0.392 e. The second-order valence-corrected chi connectivity index (χ2v) is 6.37. The van der Waals surface area contributed by atoms with Crippen LogP contribution in [0, 0.1) is 22.0 Å². The molecule has 1 aromatic carbocycles. The molecular formula is C16H21N3O4. The SMILES string of the molecule is C[C@@H]1C[C@H]1C(=O)N1CCN(c2cc(CO)ccc2[N+](=O)[O-])CC1. The van der Waals surface area contributed by atoms with E-state index in [1.54, 1.807) is 12.1 Å². The molecule has 1 saturated heterocycles. The predicted molar refractivity (Wildman–Crippen MR) is 85.1 cm³/mol. The fourth-order valence-electron chi connectivity index (χ4n) is 3.14. The Labute approximate surface area is 134 Å². The van der Waals surface area contributed by atoms with E-state index in [9.17, 15) is 20.0 Å². The summed E-state index contributed by atoms with van der Waals surface area (Å²) in [5.74, 6) is 0.882. The summed E-state index contributed by atoms with van der Waals surface area (Å²) in [5.41, 5.74) is 1.21. The van der Waals surface area contributed by atoms with Crippen molar-refractivity contribution in [2.24, 2.45) is 11.8 Å². The van der Waals surface area contributed by atoms with Crippen LogP contribution in [0.4, 0.5) is 11.4 Å². The van der Waals surface area contributed by atoms with E-state index in [2.05, 4.69) is 6.92 Å². The number of aliphatic hydroxyl groups excluding tert-OH is 1. The van der Waals surface area contributed by atoms with E-state index in [4.69, 9.17) is 0 Å². The van der Waals surface area contributed by atoms with Gasteiger partial charge in [-0.05, 0) is 30.0 Å². The van der Waals surface area contributed by atoms with E-state index in [0.717, 1.165) is 6.42 Å². The van der Waals surface area contributed by atoms with Crippen molar-refractivity contribution in [1.82, 2.24) is 4.90 Å². The molecule has 0 unspecified atom stereocenters. The van der Waals surface area contributed by atoms with Crippen LogP contribution in [0.1, 0.15) is 18.9 Å². The number of hydrogen-bond acceptors (Lipinski definition) is 5. The zero-order valence-corrected chi connectivity index (χ0v) is 13.1. The molecule has 1 N–H and O–H groups in total. The monoisotopic (exact) mass is 319 g/mol. The number of anilines is 1. The fraction of sp³-hybridized carbons (Fsp3) is 0.562. The summed E-state index contributed by atoms with van der Waals surface area (Å²) in [6, 6.07) is 4.67. The van der Waals surface area contributed by atoms with Gasteiger partial charge in [-0.3, -0.25) is 14.9 Å². The van der Waals surface area contributed by atoms with Crippen LogP contribution in [0.3, 0.4) is 0 Å². The van der Waals surface area contributed by atoms with Crippen LogP contribution in [-0.4, -0.2) is 47.0 Å². The highest BCUT2D eigenvalue weighted by atomic mass is 16.6. The normalized spacial score (nSPS) is 23.7. The number of rotatable bonds is 4. The van der Waals surface area contributed by atoms with Crippen molar-refractivity contribution >= 4 is 17.3 Å². The van der Waals surface area contributed by atoms with Crippen LogP contribution in [0.5, 0.6) is 0 Å². The highest BCUT2D eigenvalue weighted by molar-refractivity contribution is 5.82. The van der Waals surface area contributed by atoms with Crippen LogP contribution < -0.4 is 4.90 Å². The lowest BCUT2D eigenvalue weighted by atomic mass is 10.1. The Kier molecular flexibility index (Phi) is 4.21. The van der Waals surface area contributed by atoms with Crippen LogP contribution in [0.25, 0.3) is 0 Å². The maximum atomic E-state index is 12.3. The zero-order valence-electron chi connectivity index (χ0n) is 13.1. The van der Waals surface area contributed by atoms with Crippen molar-refractivity contribution in [1.29, 1.82) is 0 Å². The van der Waals surface area contributed by atoms with E-state index in [-0.39, 0.29) is 24.1 Å². The summed E-state index contributed by atoms with van der Waals surface area (Å²) in [5, 5.41) is 20.5. The summed E-state index contributed by atoms with van der Waals surface area (Å²) in [6.45, 7) is 4.25. The first-order valence-electron chi connectivity index (χ1n) is 7.93. The molecule has 7 heteroatoms. The molecule has 1 heterocycles. The summed E-state index contributed by atoms with van der Waals surface area (Å²) in [4.78, 5) is 26.9. The summed E-state index contributed by atoms with van der Waals surface area (Å²) < 4.78 is 0. The van der Waals surface area contributed by atoms with E-state index in [1.165, 1.54) is 6.07 Å². The highest BCUT2D eigenvalue weighted by Gasteiger charge is 2.42. The van der Waals surface area contributed by atoms with Gasteiger partial charge in [0.25, 0.3) is 5.69 Å². The quantitative estimate of drug-likeness (QED) is 0.669. The number of benzene rings is 1. The highest BCUT2D eigenvalue weighted by Crippen LogP contribution is 2.39. The van der Waals surface area contributed by atoms with Crippen molar-refractivity contribution in [3.63, 3.8) is 0 Å². The lowest BCUT2D eigenvalue weighted by Crippen LogP contribution is -2.49. The van der Waals surface area contributed by atoms with E-state index >= 15 is 0 Å². The third-order valence-corrected chi connectivity index (χ3v) is 4.78. The minimum Gasteiger partial charge on any atom is -0.392 e. The molecule has 0 radical (unpaired) electrons. The van der Waals surface area contributed by atoms with Crippen molar-refractivity contribution < 1.29 is 14.8 Å². The van der Waals surface area contributed by atoms with Gasteiger partial charge < -0.3 is 14.9 Å². The van der Waals surface area contributed by atoms with Gasteiger partial charge in [-0.25, -0.2) is 0 Å². The van der Waals surface area contributed by atoms with Gasteiger partial charge in [0.1, 0.15) is 5.69 Å². The molecule has 2 aliphatic rings. The van der Waals surface area contributed by atoms with E-state index < -0.39 is 4.92 Å². The number of carbonyl (C=O) groups excluding carboxylic acids is 1. The number of nitrogens with zero attached hydrogens (tertiary/aromatic N) is 3. The third-order valence-electron chi connectivity index (χ3n) is 4.78. The minimum absolute atomic E-state index is 0.0396. The Hall–Kier alpha value is -2.15.